The Morgan fingerprint density at radius 3 is 0.835 bits per heavy atom. The van der Waals surface area contributed by atoms with E-state index in [2.05, 4.69) is 43.5 Å². The number of carbonyl (C=O) groups is 2. The summed E-state index contributed by atoms with van der Waals surface area (Å²) >= 11 is 0. The van der Waals surface area contributed by atoms with Crippen molar-refractivity contribution in [2.45, 2.75) is 456 Å². The van der Waals surface area contributed by atoms with Crippen LogP contribution in [0.4, 0.5) is 0 Å². The van der Waals surface area contributed by atoms with Gasteiger partial charge in [-0.3, -0.25) is 9.59 Å². The average Bonchev–Trinajstić information content (AvgIpc) is 3.52. The van der Waals surface area contributed by atoms with E-state index in [-0.39, 0.29) is 18.5 Å². The first kappa shape index (κ1) is 83.3. The third kappa shape index (κ3) is 71.3. The number of ether oxygens (including phenoxy) is 1. The van der Waals surface area contributed by atoms with E-state index in [0.717, 1.165) is 38.5 Å². The summed E-state index contributed by atoms with van der Waals surface area (Å²) in [6, 6.07) is -0.537. The molecule has 0 bridgehead atoms. The molecular weight excluding hydrogens is 1040 g/mol. The van der Waals surface area contributed by atoms with E-state index in [9.17, 15) is 19.8 Å². The second kappa shape index (κ2) is 74.8. The van der Waals surface area contributed by atoms with E-state index in [1.54, 1.807) is 0 Å². The van der Waals surface area contributed by atoms with Gasteiger partial charge in [0.25, 0.3) is 0 Å². The lowest BCUT2D eigenvalue weighted by Gasteiger charge is -2.22. The van der Waals surface area contributed by atoms with Gasteiger partial charge in [-0.05, 0) is 77.0 Å². The molecule has 504 valence electrons. The van der Waals surface area contributed by atoms with Gasteiger partial charge < -0.3 is 20.3 Å². The number of nitrogens with one attached hydrogen (secondary N) is 1. The van der Waals surface area contributed by atoms with Gasteiger partial charge in [-0.15, -0.1) is 0 Å². The highest BCUT2D eigenvalue weighted by Gasteiger charge is 2.20. The second-order valence-electron chi connectivity index (χ2n) is 27.0. The Kier molecular flexibility index (Phi) is 73.3. The fourth-order valence-electron chi connectivity index (χ4n) is 12.5. The SMILES string of the molecule is CCCCCCCC/C=C\CCCCCCCCCC(=O)OCCCCCCCCCCCCCCCCCCCC/C=C\CCCCCCCCCCCCCCCCCCCC(=O)NC(CO)C(O)CCCCCCCCCCCCCC. The summed E-state index contributed by atoms with van der Waals surface area (Å²) in [5, 5.41) is 23.3. The van der Waals surface area contributed by atoms with E-state index in [1.165, 1.54) is 372 Å². The van der Waals surface area contributed by atoms with Crippen molar-refractivity contribution in [3.63, 3.8) is 0 Å². The minimum absolute atomic E-state index is 0.0199. The Morgan fingerprint density at radius 2 is 0.553 bits per heavy atom. The summed E-state index contributed by atoms with van der Waals surface area (Å²) in [5.74, 6) is -0.00868. The molecule has 2 unspecified atom stereocenters. The van der Waals surface area contributed by atoms with Crippen LogP contribution in [0.5, 0.6) is 0 Å². The number of allylic oxidation sites excluding steroid dienone is 4. The molecule has 0 aromatic heterocycles. The molecule has 0 aliphatic heterocycles. The second-order valence-corrected chi connectivity index (χ2v) is 27.0. The minimum atomic E-state index is -0.660. The third-order valence-electron chi connectivity index (χ3n) is 18.5. The molecule has 3 N–H and O–H groups in total. The molecule has 85 heavy (non-hydrogen) atoms. The molecule has 0 saturated carbocycles. The Hall–Kier alpha value is -1.66. The molecule has 2 atom stereocenters. The zero-order valence-electron chi connectivity index (χ0n) is 57.9. The lowest BCUT2D eigenvalue weighted by atomic mass is 10.0. The fourth-order valence-corrected chi connectivity index (χ4v) is 12.5. The number of esters is 1. The number of aliphatic hydroxyl groups excluding tert-OH is 2. The van der Waals surface area contributed by atoms with E-state index < -0.39 is 12.1 Å². The monoisotopic (exact) mass is 1200 g/mol. The van der Waals surface area contributed by atoms with Gasteiger partial charge >= 0.3 is 5.97 Å². The number of amides is 1. The first-order chi connectivity index (χ1) is 42.0. The van der Waals surface area contributed by atoms with Crippen LogP contribution in [-0.2, 0) is 14.3 Å². The Morgan fingerprint density at radius 1 is 0.318 bits per heavy atom. The van der Waals surface area contributed by atoms with E-state index in [4.69, 9.17) is 4.74 Å². The van der Waals surface area contributed by atoms with Crippen LogP contribution in [0.15, 0.2) is 24.3 Å². The molecular formula is C79H153NO5. The third-order valence-corrected chi connectivity index (χ3v) is 18.5. The van der Waals surface area contributed by atoms with Crippen LogP contribution in [0.2, 0.25) is 0 Å². The predicted molar refractivity (Wildman–Crippen MR) is 375 cm³/mol. The van der Waals surface area contributed by atoms with Crippen molar-refractivity contribution in [1.29, 1.82) is 0 Å². The first-order valence-corrected chi connectivity index (χ1v) is 39.1. The van der Waals surface area contributed by atoms with E-state index >= 15 is 0 Å². The number of hydrogen-bond acceptors (Lipinski definition) is 5. The van der Waals surface area contributed by atoms with Gasteiger partial charge in [-0.1, -0.05) is 378 Å². The first-order valence-electron chi connectivity index (χ1n) is 39.1. The molecule has 0 aromatic carbocycles. The summed E-state index contributed by atoms with van der Waals surface area (Å²) in [6.45, 7) is 4.98. The van der Waals surface area contributed by atoms with Crippen LogP contribution < -0.4 is 5.32 Å². The zero-order chi connectivity index (χ0) is 61.3. The Balaban J connectivity index is 3.29. The minimum Gasteiger partial charge on any atom is -0.466 e. The number of carbonyl (C=O) groups excluding carboxylic acids is 2. The molecule has 0 aromatic rings. The number of rotatable bonds is 74. The summed E-state index contributed by atoms with van der Waals surface area (Å²) in [4.78, 5) is 24.6. The predicted octanol–water partition coefficient (Wildman–Crippen LogP) is 25.7. The summed E-state index contributed by atoms with van der Waals surface area (Å²) in [5.41, 5.74) is 0. The topological polar surface area (TPSA) is 95.9 Å². The van der Waals surface area contributed by atoms with Crippen LogP contribution in [0.3, 0.4) is 0 Å². The highest BCUT2D eigenvalue weighted by atomic mass is 16.5. The molecule has 0 saturated heterocycles. The van der Waals surface area contributed by atoms with Crippen molar-refractivity contribution in [2.75, 3.05) is 13.2 Å². The maximum Gasteiger partial charge on any atom is 0.305 e. The molecule has 1 amide bonds. The van der Waals surface area contributed by atoms with Gasteiger partial charge in [0, 0.05) is 12.8 Å². The maximum absolute atomic E-state index is 12.5. The number of unbranched alkanes of at least 4 members (excludes halogenated alkanes) is 59. The average molecular weight is 1200 g/mol. The molecule has 0 radical (unpaired) electrons. The molecule has 0 aliphatic carbocycles. The van der Waals surface area contributed by atoms with Crippen LogP contribution in [0, 0.1) is 0 Å². The van der Waals surface area contributed by atoms with Gasteiger partial charge in [0.2, 0.25) is 5.91 Å². The molecule has 0 rings (SSSR count). The van der Waals surface area contributed by atoms with Gasteiger partial charge in [-0.25, -0.2) is 0 Å². The van der Waals surface area contributed by atoms with E-state index in [1.807, 2.05) is 0 Å². The maximum atomic E-state index is 12.5. The van der Waals surface area contributed by atoms with Gasteiger partial charge in [0.1, 0.15) is 0 Å². The standard InChI is InChI=1S/C79H153NO5/c1-3-5-7-9-11-13-15-17-18-42-46-49-53-57-61-65-69-73-79(84)85-74-70-66-62-58-54-50-47-44-41-39-37-35-33-31-29-27-25-23-21-19-20-22-24-26-28-30-32-34-36-38-40-43-45-48-52-56-60-64-68-72-78(83)80-76(75-81)77(82)71-67-63-59-55-51-16-14-12-10-8-6-4-2/h17-20,76-77,81-82H,3-16,21-75H2,1-2H3,(H,80,83)/b18-17-,20-19-. The van der Waals surface area contributed by atoms with Crippen molar-refractivity contribution in [3.8, 4) is 0 Å². The van der Waals surface area contributed by atoms with Crippen molar-refractivity contribution in [3.05, 3.63) is 24.3 Å². The quantitative estimate of drug-likeness (QED) is 0.0320. The fraction of sp³-hybridized carbons (Fsp3) is 0.924. The van der Waals surface area contributed by atoms with Gasteiger partial charge in [0.15, 0.2) is 0 Å². The molecule has 6 heteroatoms. The number of hydrogen-bond donors (Lipinski definition) is 3. The van der Waals surface area contributed by atoms with Crippen LogP contribution in [0.25, 0.3) is 0 Å². The van der Waals surface area contributed by atoms with Crippen LogP contribution in [0.1, 0.15) is 444 Å². The summed E-state index contributed by atoms with van der Waals surface area (Å²) in [7, 11) is 0. The molecule has 0 fully saturated rings. The smallest absolute Gasteiger partial charge is 0.305 e. The van der Waals surface area contributed by atoms with Crippen molar-refractivity contribution in [1.82, 2.24) is 5.32 Å². The van der Waals surface area contributed by atoms with E-state index in [0.29, 0.717) is 25.9 Å². The highest BCUT2D eigenvalue weighted by Crippen LogP contribution is 2.20. The van der Waals surface area contributed by atoms with Crippen LogP contribution >= 0.6 is 0 Å². The highest BCUT2D eigenvalue weighted by molar-refractivity contribution is 5.76. The van der Waals surface area contributed by atoms with Crippen molar-refractivity contribution in [2.24, 2.45) is 0 Å². The lowest BCUT2D eigenvalue weighted by Crippen LogP contribution is -2.45. The van der Waals surface area contributed by atoms with Crippen LogP contribution in [-0.4, -0.2) is 47.4 Å². The molecule has 6 nitrogen and oxygen atoms in total. The zero-order valence-corrected chi connectivity index (χ0v) is 57.9. The molecule has 0 spiro atoms. The summed E-state index contributed by atoms with van der Waals surface area (Å²) in [6.07, 6.45) is 95.7. The van der Waals surface area contributed by atoms with Crippen molar-refractivity contribution < 1.29 is 24.5 Å². The normalized spacial score (nSPS) is 12.6. The largest absolute Gasteiger partial charge is 0.466 e. The molecule has 0 aliphatic rings. The summed E-state index contributed by atoms with van der Waals surface area (Å²) < 4.78 is 5.51. The lowest BCUT2D eigenvalue weighted by molar-refractivity contribution is -0.143. The van der Waals surface area contributed by atoms with Crippen molar-refractivity contribution >= 4 is 11.9 Å². The molecule has 0 heterocycles. The van der Waals surface area contributed by atoms with Gasteiger partial charge in [0.05, 0.1) is 25.4 Å². The van der Waals surface area contributed by atoms with Gasteiger partial charge in [-0.2, -0.15) is 0 Å². The number of aliphatic hydroxyl groups is 2. The Bertz CT molecular complexity index is 1330. The Labute approximate surface area is 532 Å².